The van der Waals surface area contributed by atoms with Gasteiger partial charge in [0.05, 0.1) is 26.7 Å². The fourth-order valence-corrected chi connectivity index (χ4v) is 5.53. The van der Waals surface area contributed by atoms with Gasteiger partial charge in [-0.2, -0.15) is 0 Å². The van der Waals surface area contributed by atoms with Crippen LogP contribution in [0.2, 0.25) is 0 Å². The van der Waals surface area contributed by atoms with E-state index in [4.69, 9.17) is 0 Å². The minimum Gasteiger partial charge on any atom is -0.326 e. The van der Waals surface area contributed by atoms with Crippen molar-refractivity contribution in [3.63, 3.8) is 0 Å². The second-order valence-corrected chi connectivity index (χ2v) is 11.8. The van der Waals surface area contributed by atoms with E-state index in [0.29, 0.717) is 0 Å². The van der Waals surface area contributed by atoms with Crippen molar-refractivity contribution in [3.8, 4) is 0 Å². The number of carbonyl (C=O) groups excluding carboxylic acids is 2. The summed E-state index contributed by atoms with van der Waals surface area (Å²) in [5.74, 6) is 0. The number of rotatable bonds is 31. The Labute approximate surface area is 227 Å². The van der Waals surface area contributed by atoms with Gasteiger partial charge in [0, 0.05) is 12.8 Å². The molecule has 0 amide bonds. The molecule has 0 unspecified atom stereocenters. The molecule has 0 atom stereocenters. The third kappa shape index (κ3) is 26.4. The van der Waals surface area contributed by atoms with E-state index in [9.17, 15) is 9.59 Å². The lowest BCUT2D eigenvalue weighted by atomic mass is 10.0. The lowest BCUT2D eigenvalue weighted by Crippen LogP contribution is -2.46. The van der Waals surface area contributed by atoms with Gasteiger partial charge < -0.3 is 14.1 Å². The monoisotopic (exact) mass is 509 g/mol. The first-order valence-electron chi connectivity index (χ1n) is 16.4. The fourth-order valence-electron chi connectivity index (χ4n) is 5.53. The maximum atomic E-state index is 10.5. The van der Waals surface area contributed by atoms with Crippen LogP contribution in [0.3, 0.4) is 0 Å². The van der Waals surface area contributed by atoms with Crippen LogP contribution < -0.4 is 0 Å². The summed E-state index contributed by atoms with van der Waals surface area (Å²) in [5, 5.41) is 0. The second-order valence-electron chi connectivity index (χ2n) is 11.8. The number of aldehydes is 2. The Balaban J connectivity index is 3.81. The van der Waals surface area contributed by atoms with E-state index < -0.39 is 0 Å². The van der Waals surface area contributed by atoms with Gasteiger partial charge in [-0.15, -0.1) is 0 Å². The molecule has 0 fully saturated rings. The molecular weight excluding hydrogens is 442 g/mol. The summed E-state index contributed by atoms with van der Waals surface area (Å²) >= 11 is 0. The summed E-state index contributed by atoms with van der Waals surface area (Å²) in [5.41, 5.74) is 0. The highest BCUT2D eigenvalue weighted by atomic mass is 16.1. The molecule has 0 heterocycles. The van der Waals surface area contributed by atoms with Crippen LogP contribution in [0.25, 0.3) is 0 Å². The SMILES string of the molecule is CCCCCCCCCCCCCCCCCC[N+](C)(CCCCCCC=O)CCCCCCC=O. The van der Waals surface area contributed by atoms with Crippen molar-refractivity contribution in [1.82, 2.24) is 0 Å². The average molecular weight is 509 g/mol. The van der Waals surface area contributed by atoms with Crippen LogP contribution in [-0.4, -0.2) is 43.7 Å². The van der Waals surface area contributed by atoms with Gasteiger partial charge in [0.25, 0.3) is 0 Å². The minimum atomic E-state index is 0.728. The number of nitrogens with zero attached hydrogens (tertiary/aromatic N) is 1. The maximum Gasteiger partial charge on any atom is 0.119 e. The third-order valence-electron chi connectivity index (χ3n) is 8.09. The Kier molecular flexibility index (Phi) is 28.3. The number of hydrogen-bond acceptors (Lipinski definition) is 2. The molecule has 3 heteroatoms. The first kappa shape index (κ1) is 35.3. The topological polar surface area (TPSA) is 34.1 Å². The molecule has 214 valence electrons. The zero-order chi connectivity index (χ0) is 26.4. The van der Waals surface area contributed by atoms with Gasteiger partial charge in [-0.1, -0.05) is 110 Å². The first-order valence-corrected chi connectivity index (χ1v) is 16.4. The lowest BCUT2D eigenvalue weighted by Gasteiger charge is -2.35. The summed E-state index contributed by atoms with van der Waals surface area (Å²) in [4.78, 5) is 21.0. The summed E-state index contributed by atoms with van der Waals surface area (Å²) < 4.78 is 1.22. The number of unbranched alkanes of at least 4 members (excludes halogenated alkanes) is 23. The quantitative estimate of drug-likeness (QED) is 0.0530. The van der Waals surface area contributed by atoms with Crippen LogP contribution in [0.4, 0.5) is 0 Å². The van der Waals surface area contributed by atoms with Gasteiger partial charge in [-0.05, 0) is 51.4 Å². The Morgan fingerprint density at radius 1 is 0.389 bits per heavy atom. The van der Waals surface area contributed by atoms with Crippen molar-refractivity contribution in [2.24, 2.45) is 0 Å². The highest BCUT2D eigenvalue weighted by Gasteiger charge is 2.20. The second kappa shape index (κ2) is 28.9. The van der Waals surface area contributed by atoms with Crippen molar-refractivity contribution < 1.29 is 14.1 Å². The van der Waals surface area contributed by atoms with E-state index in [-0.39, 0.29) is 0 Å². The fraction of sp³-hybridized carbons (Fsp3) is 0.939. The molecular formula is C33H66NO2+. The van der Waals surface area contributed by atoms with Crippen LogP contribution in [0.1, 0.15) is 174 Å². The third-order valence-corrected chi connectivity index (χ3v) is 8.09. The molecule has 0 aliphatic carbocycles. The van der Waals surface area contributed by atoms with Crippen LogP contribution in [0, 0.1) is 0 Å². The first-order chi connectivity index (χ1) is 17.7. The standard InChI is InChI=1S/C33H66NO2/c1-3-4-5-6-7-8-9-10-11-12-13-14-15-16-19-24-29-34(2,30-25-20-17-22-27-32-35)31-26-21-18-23-28-33-36/h32-33H,3-31H2,1-2H3/q+1. The molecule has 0 aliphatic rings. The van der Waals surface area contributed by atoms with Gasteiger partial charge >= 0.3 is 0 Å². The van der Waals surface area contributed by atoms with Gasteiger partial charge in [-0.3, -0.25) is 0 Å². The van der Waals surface area contributed by atoms with Gasteiger partial charge in [-0.25, -0.2) is 0 Å². The Hall–Kier alpha value is -0.700. The molecule has 0 spiro atoms. The van der Waals surface area contributed by atoms with Crippen LogP contribution in [-0.2, 0) is 9.59 Å². The van der Waals surface area contributed by atoms with Gasteiger partial charge in [0.1, 0.15) is 12.6 Å². The molecule has 0 rings (SSSR count). The van der Waals surface area contributed by atoms with E-state index in [1.54, 1.807) is 0 Å². The largest absolute Gasteiger partial charge is 0.326 e. The molecule has 0 saturated heterocycles. The minimum absolute atomic E-state index is 0.728. The van der Waals surface area contributed by atoms with Gasteiger partial charge in [0.15, 0.2) is 0 Å². The Morgan fingerprint density at radius 3 is 0.917 bits per heavy atom. The van der Waals surface area contributed by atoms with Crippen molar-refractivity contribution in [2.75, 3.05) is 26.7 Å². The van der Waals surface area contributed by atoms with Crippen LogP contribution >= 0.6 is 0 Å². The number of carbonyl (C=O) groups is 2. The van der Waals surface area contributed by atoms with Crippen LogP contribution in [0.5, 0.6) is 0 Å². The molecule has 0 aromatic carbocycles. The van der Waals surface area contributed by atoms with Gasteiger partial charge in [0.2, 0.25) is 0 Å². The highest BCUT2D eigenvalue weighted by Crippen LogP contribution is 2.17. The number of quaternary nitrogens is 1. The zero-order valence-electron chi connectivity index (χ0n) is 24.9. The molecule has 0 aliphatic heterocycles. The molecule has 0 bridgehead atoms. The predicted molar refractivity (Wildman–Crippen MR) is 159 cm³/mol. The van der Waals surface area contributed by atoms with E-state index >= 15 is 0 Å². The molecule has 0 N–H and O–H groups in total. The zero-order valence-corrected chi connectivity index (χ0v) is 24.9. The Bertz CT molecular complexity index is 431. The molecule has 0 aromatic rings. The lowest BCUT2D eigenvalue weighted by molar-refractivity contribution is -0.910. The van der Waals surface area contributed by atoms with E-state index in [0.717, 1.165) is 38.3 Å². The maximum absolute atomic E-state index is 10.5. The molecule has 3 nitrogen and oxygen atoms in total. The summed E-state index contributed by atoms with van der Waals surface area (Å²) in [6.45, 7) is 6.19. The van der Waals surface area contributed by atoms with E-state index in [2.05, 4.69) is 14.0 Å². The molecule has 0 saturated carbocycles. The average Bonchev–Trinajstić information content (AvgIpc) is 2.88. The smallest absolute Gasteiger partial charge is 0.119 e. The van der Waals surface area contributed by atoms with Crippen molar-refractivity contribution in [2.45, 2.75) is 174 Å². The normalized spacial score (nSPS) is 11.7. The number of hydrogen-bond donors (Lipinski definition) is 0. The van der Waals surface area contributed by atoms with Crippen LogP contribution in [0.15, 0.2) is 0 Å². The van der Waals surface area contributed by atoms with E-state index in [1.807, 2.05) is 0 Å². The van der Waals surface area contributed by atoms with E-state index in [1.165, 1.54) is 165 Å². The molecule has 0 radical (unpaired) electrons. The van der Waals surface area contributed by atoms with Crippen molar-refractivity contribution in [1.29, 1.82) is 0 Å². The van der Waals surface area contributed by atoms with Crippen molar-refractivity contribution in [3.05, 3.63) is 0 Å². The molecule has 36 heavy (non-hydrogen) atoms. The Morgan fingerprint density at radius 2 is 0.639 bits per heavy atom. The van der Waals surface area contributed by atoms with Crippen molar-refractivity contribution >= 4 is 12.6 Å². The summed E-state index contributed by atoms with van der Waals surface area (Å²) in [6.07, 6.45) is 36.1. The predicted octanol–water partition coefficient (Wildman–Crippen LogP) is 9.99. The summed E-state index contributed by atoms with van der Waals surface area (Å²) in [7, 11) is 2.47. The highest BCUT2D eigenvalue weighted by molar-refractivity contribution is 5.49. The summed E-state index contributed by atoms with van der Waals surface area (Å²) in [6, 6.07) is 0. The molecule has 0 aromatic heterocycles.